The van der Waals surface area contributed by atoms with Gasteiger partial charge in [0.2, 0.25) is 0 Å². The van der Waals surface area contributed by atoms with Crippen LogP contribution in [0, 0.1) is 10.1 Å². The maximum absolute atomic E-state index is 10.9. The van der Waals surface area contributed by atoms with Crippen molar-refractivity contribution in [2.45, 2.75) is 44.4 Å². The van der Waals surface area contributed by atoms with Crippen LogP contribution in [-0.4, -0.2) is 44.7 Å². The van der Waals surface area contributed by atoms with Crippen LogP contribution >= 0.6 is 11.6 Å². The molecular weight excluding hydrogens is 456 g/mol. The number of halogens is 1. The molecule has 2 aliphatic rings. The number of likely N-dealkylation sites (tertiary alicyclic amines) is 1. The van der Waals surface area contributed by atoms with Gasteiger partial charge >= 0.3 is 11.8 Å². The third-order valence-corrected chi connectivity index (χ3v) is 6.81. The Morgan fingerprint density at radius 2 is 1.88 bits per heavy atom. The number of hydrogen-bond acceptors (Lipinski definition) is 6. The molecule has 9 heteroatoms. The normalized spacial score (nSPS) is 20.6. The summed E-state index contributed by atoms with van der Waals surface area (Å²) in [5.41, 5.74) is 2.02. The van der Waals surface area contributed by atoms with E-state index in [2.05, 4.69) is 34.1 Å². The molecule has 0 N–H and O–H groups in total. The fourth-order valence-corrected chi connectivity index (χ4v) is 4.83. The Morgan fingerprint density at radius 3 is 2.53 bits per heavy atom. The number of benzene rings is 2. The molecule has 3 aromatic rings. The van der Waals surface area contributed by atoms with Crippen molar-refractivity contribution in [1.29, 1.82) is 0 Å². The van der Waals surface area contributed by atoms with E-state index in [0.29, 0.717) is 19.1 Å². The van der Waals surface area contributed by atoms with Gasteiger partial charge in [-0.1, -0.05) is 35.9 Å². The summed E-state index contributed by atoms with van der Waals surface area (Å²) in [6.07, 6.45) is 3.67. The largest absolute Gasteiger partial charge is 0.489 e. The number of nitrogens with zero attached hydrogens (tertiary/aromatic N) is 4. The first-order chi connectivity index (χ1) is 16.4. The molecule has 0 aliphatic carbocycles. The van der Waals surface area contributed by atoms with E-state index < -0.39 is 10.5 Å². The third-order valence-electron chi connectivity index (χ3n) is 6.56. The van der Waals surface area contributed by atoms with E-state index >= 15 is 0 Å². The number of fused-ring (bicyclic) bond motifs is 1. The van der Waals surface area contributed by atoms with E-state index in [1.807, 2.05) is 31.2 Å². The van der Waals surface area contributed by atoms with Crippen LogP contribution < -0.4 is 9.47 Å². The molecule has 0 saturated carbocycles. The molecule has 0 unspecified atom stereocenters. The minimum Gasteiger partial charge on any atom is -0.489 e. The lowest BCUT2D eigenvalue weighted by atomic mass is 9.89. The minimum atomic E-state index is -0.618. The lowest BCUT2D eigenvalue weighted by Crippen LogP contribution is -2.38. The topological polar surface area (TPSA) is 82.7 Å². The second-order valence-electron chi connectivity index (χ2n) is 9.35. The first-order valence-electron chi connectivity index (χ1n) is 11.5. The Kier molecular flexibility index (Phi) is 6.18. The van der Waals surface area contributed by atoms with Gasteiger partial charge in [0.05, 0.1) is 6.54 Å². The van der Waals surface area contributed by atoms with Gasteiger partial charge in [0.15, 0.2) is 5.60 Å². The van der Waals surface area contributed by atoms with Crippen molar-refractivity contribution in [3.63, 3.8) is 0 Å². The van der Waals surface area contributed by atoms with Gasteiger partial charge in [0.25, 0.3) is 0 Å². The molecule has 0 radical (unpaired) electrons. The molecule has 2 aromatic carbocycles. The van der Waals surface area contributed by atoms with Crippen molar-refractivity contribution in [1.82, 2.24) is 14.5 Å². The van der Waals surface area contributed by atoms with Gasteiger partial charge in [-0.25, -0.2) is 0 Å². The fourth-order valence-electron chi connectivity index (χ4n) is 4.70. The Hall–Kier alpha value is -3.10. The molecule has 1 atom stereocenters. The molecule has 0 amide bonds. The molecule has 1 fully saturated rings. The molecule has 0 bridgehead atoms. The summed E-state index contributed by atoms with van der Waals surface area (Å²) < 4.78 is 13.5. The van der Waals surface area contributed by atoms with Crippen molar-refractivity contribution < 1.29 is 14.4 Å². The van der Waals surface area contributed by atoms with Crippen molar-refractivity contribution >= 4 is 17.4 Å². The van der Waals surface area contributed by atoms with E-state index in [4.69, 9.17) is 21.1 Å². The molecule has 2 aliphatic heterocycles. The summed E-state index contributed by atoms with van der Waals surface area (Å²) in [5.74, 6) is 1.13. The third kappa shape index (κ3) is 5.03. The summed E-state index contributed by atoms with van der Waals surface area (Å²) >= 11 is 5.99. The monoisotopic (exact) mass is 482 g/mol. The van der Waals surface area contributed by atoms with Crippen molar-refractivity contribution in [2.24, 2.45) is 0 Å². The lowest BCUT2D eigenvalue weighted by Gasteiger charge is -2.32. The van der Waals surface area contributed by atoms with Gasteiger partial charge in [-0.3, -0.25) is 9.47 Å². The van der Waals surface area contributed by atoms with Gasteiger partial charge in [-0.2, -0.15) is 0 Å². The van der Waals surface area contributed by atoms with Gasteiger partial charge in [0.1, 0.15) is 18.6 Å². The van der Waals surface area contributed by atoms with Crippen LogP contribution in [0.2, 0.25) is 5.02 Å². The number of imidazole rings is 1. The molecule has 3 heterocycles. The smallest absolute Gasteiger partial charge is 0.415 e. The van der Waals surface area contributed by atoms with Crippen LogP contribution in [0.1, 0.15) is 36.8 Å². The molecule has 178 valence electrons. The van der Waals surface area contributed by atoms with Gasteiger partial charge in [-0.15, -0.1) is 0 Å². The molecule has 5 rings (SSSR count). The SMILES string of the molecule is C[C@@]1(COc2ccc(C3CCN(Cc4ccc(Cl)cc4)CC3)cc2)Cn2cc([N+](=O)[O-])nc2O1. The predicted molar refractivity (Wildman–Crippen MR) is 129 cm³/mol. The minimum absolute atomic E-state index is 0.204. The lowest BCUT2D eigenvalue weighted by molar-refractivity contribution is -0.389. The summed E-state index contributed by atoms with van der Waals surface area (Å²) in [7, 11) is 0. The average Bonchev–Trinajstić information content (AvgIpc) is 3.36. The summed E-state index contributed by atoms with van der Waals surface area (Å²) in [6, 6.07) is 16.7. The standard InChI is InChI=1S/C25H27ClN4O4/c1-25(16-29-15-23(30(31)32)27-24(29)34-25)17-33-22-8-4-19(5-9-22)20-10-12-28(13-11-20)14-18-2-6-21(26)7-3-18/h2-9,15,20H,10-14,16-17H2,1H3/t25-/m0/s1. The maximum atomic E-state index is 10.9. The number of rotatable bonds is 7. The fraction of sp³-hybridized carbons (Fsp3) is 0.400. The van der Waals surface area contributed by atoms with E-state index in [-0.39, 0.29) is 11.8 Å². The summed E-state index contributed by atoms with van der Waals surface area (Å²) in [5, 5.41) is 11.6. The summed E-state index contributed by atoms with van der Waals surface area (Å²) in [6.45, 7) is 5.81. The second kappa shape index (κ2) is 9.27. The number of ether oxygens (including phenoxy) is 2. The van der Waals surface area contributed by atoms with Crippen molar-refractivity contribution in [3.8, 4) is 11.8 Å². The number of aromatic nitrogens is 2. The zero-order valence-electron chi connectivity index (χ0n) is 19.0. The number of nitro groups is 1. The highest BCUT2D eigenvalue weighted by atomic mass is 35.5. The molecule has 1 saturated heterocycles. The highest BCUT2D eigenvalue weighted by Gasteiger charge is 2.41. The Balaban J connectivity index is 1.10. The average molecular weight is 483 g/mol. The molecule has 8 nitrogen and oxygen atoms in total. The Labute approximate surface area is 203 Å². The maximum Gasteiger partial charge on any atom is 0.415 e. The van der Waals surface area contributed by atoms with Crippen LogP contribution in [0.3, 0.4) is 0 Å². The first-order valence-corrected chi connectivity index (χ1v) is 11.8. The highest BCUT2D eigenvalue weighted by Crippen LogP contribution is 2.33. The predicted octanol–water partition coefficient (Wildman–Crippen LogP) is 5.05. The van der Waals surface area contributed by atoms with Gasteiger partial charge in [-0.05, 0) is 79.1 Å². The molecule has 1 aromatic heterocycles. The summed E-state index contributed by atoms with van der Waals surface area (Å²) in [4.78, 5) is 16.8. The van der Waals surface area contributed by atoms with Crippen molar-refractivity contribution in [2.75, 3.05) is 19.7 Å². The number of hydrogen-bond donors (Lipinski definition) is 0. The molecular formula is C25H27ClN4O4. The molecule has 34 heavy (non-hydrogen) atoms. The zero-order chi connectivity index (χ0) is 23.7. The second-order valence-corrected chi connectivity index (χ2v) is 9.79. The molecule has 0 spiro atoms. The van der Waals surface area contributed by atoms with Crippen LogP contribution in [0.4, 0.5) is 5.82 Å². The highest BCUT2D eigenvalue weighted by molar-refractivity contribution is 6.30. The van der Waals surface area contributed by atoms with Crippen LogP contribution in [-0.2, 0) is 13.1 Å². The van der Waals surface area contributed by atoms with E-state index in [9.17, 15) is 10.1 Å². The zero-order valence-corrected chi connectivity index (χ0v) is 19.8. The van der Waals surface area contributed by atoms with Crippen LogP contribution in [0.25, 0.3) is 0 Å². The Morgan fingerprint density at radius 1 is 1.18 bits per heavy atom. The first kappa shape index (κ1) is 22.7. The van der Waals surface area contributed by atoms with E-state index in [0.717, 1.165) is 43.2 Å². The van der Waals surface area contributed by atoms with E-state index in [1.54, 1.807) is 4.57 Å². The van der Waals surface area contributed by atoms with Crippen LogP contribution in [0.5, 0.6) is 11.8 Å². The van der Waals surface area contributed by atoms with E-state index in [1.165, 1.54) is 17.3 Å². The van der Waals surface area contributed by atoms with Gasteiger partial charge < -0.3 is 19.6 Å². The van der Waals surface area contributed by atoms with Crippen molar-refractivity contribution in [3.05, 3.63) is 81.0 Å². The quantitative estimate of drug-likeness (QED) is 0.346. The number of piperidine rings is 1. The van der Waals surface area contributed by atoms with Crippen LogP contribution in [0.15, 0.2) is 54.7 Å². The van der Waals surface area contributed by atoms with Gasteiger partial charge in [0, 0.05) is 16.6 Å². The Bertz CT molecular complexity index is 1130.